The molecule has 6 heteroatoms. The maximum Gasteiger partial charge on any atom is 0.139 e. The van der Waals surface area contributed by atoms with Gasteiger partial charge < -0.3 is 31.1 Å². The molecule has 7 aromatic rings. The van der Waals surface area contributed by atoms with E-state index in [-0.39, 0.29) is 0 Å². The van der Waals surface area contributed by atoms with Crippen LogP contribution in [0.5, 0.6) is 0 Å². The Morgan fingerprint density at radius 3 is 1.50 bits per heavy atom. The van der Waals surface area contributed by atoms with Crippen LogP contribution in [0.2, 0.25) is 0 Å². The van der Waals surface area contributed by atoms with Crippen LogP contribution in [-0.2, 0) is 0 Å². The van der Waals surface area contributed by atoms with Gasteiger partial charge in [-0.15, -0.1) is 0 Å². The summed E-state index contributed by atoms with van der Waals surface area (Å²) in [6.45, 7) is 0. The Kier molecular flexibility index (Phi) is 5.95. The topological polar surface area (TPSA) is 126 Å². The van der Waals surface area contributed by atoms with E-state index in [9.17, 15) is 0 Å². The molecular formula is C36H26N4O2. The minimum absolute atomic E-state index is 0.315. The van der Waals surface area contributed by atoms with Crippen LogP contribution in [0.4, 0.5) is 0 Å². The molecule has 0 saturated carbocycles. The molecule has 202 valence electrons. The van der Waals surface area contributed by atoms with E-state index in [2.05, 4.69) is 6.07 Å². The van der Waals surface area contributed by atoms with Gasteiger partial charge >= 0.3 is 0 Å². The number of hydrogen-bond donors (Lipinski definition) is 4. The molecule has 0 radical (unpaired) electrons. The number of fused-ring (bicyclic) bond motifs is 6. The Labute approximate surface area is 241 Å². The highest BCUT2D eigenvalue weighted by Gasteiger charge is 2.15. The molecule has 0 fully saturated rings. The zero-order valence-electron chi connectivity index (χ0n) is 22.5. The van der Waals surface area contributed by atoms with E-state index in [0.29, 0.717) is 34.0 Å². The molecule has 5 aromatic carbocycles. The van der Waals surface area contributed by atoms with Crippen molar-refractivity contribution in [2.45, 2.75) is 0 Å². The molecule has 0 amide bonds. The third kappa shape index (κ3) is 4.41. The lowest BCUT2D eigenvalue weighted by Gasteiger charge is -2.04. The summed E-state index contributed by atoms with van der Waals surface area (Å²) in [5.74, 6) is 0. The van der Waals surface area contributed by atoms with Crippen molar-refractivity contribution in [2.24, 2.45) is 11.5 Å². The summed E-state index contributed by atoms with van der Waals surface area (Å²) in [6, 6.07) is 34.6. The molecule has 6 N–H and O–H groups in total. The second-order valence-electron chi connectivity index (χ2n) is 10.2. The van der Waals surface area contributed by atoms with Crippen molar-refractivity contribution >= 4 is 66.7 Å². The monoisotopic (exact) mass is 546 g/mol. The summed E-state index contributed by atoms with van der Waals surface area (Å²) in [4.78, 5) is 0. The van der Waals surface area contributed by atoms with E-state index in [0.717, 1.165) is 55.0 Å². The second-order valence-corrected chi connectivity index (χ2v) is 10.2. The SMILES string of the molecule is N=C(/C=C(\N)c1ccc2oc3cc4oc5ccc(C(=N)/C=C(\N)c6ccccc6)cc5c4cc3c2c1)c1ccccc1. The first kappa shape index (κ1) is 25.1. The molecule has 0 spiro atoms. The standard InChI is InChI=1S/C36H26N4O2/c37-29(21-7-3-1-4-8-21)18-31(39)23-11-13-33-25(15-23)27-17-28-26-16-24(12-14-34(26)42-36(28)20-35(27)41-33)32(40)19-30(38)22-9-5-2-6-10-22/h1-20,37,40H,38-39H2/b30-19-,31-18-,37-29?,40-32?. The van der Waals surface area contributed by atoms with Gasteiger partial charge in [0.25, 0.3) is 0 Å². The number of benzene rings is 5. The molecule has 0 unspecified atom stereocenters. The fourth-order valence-electron chi connectivity index (χ4n) is 5.29. The number of furan rings is 2. The molecule has 6 nitrogen and oxygen atoms in total. The van der Waals surface area contributed by atoms with Crippen LogP contribution in [0.25, 0.3) is 55.3 Å². The predicted octanol–water partition coefficient (Wildman–Crippen LogP) is 8.22. The largest absolute Gasteiger partial charge is 0.456 e. The minimum Gasteiger partial charge on any atom is -0.456 e. The molecule has 7 rings (SSSR count). The van der Waals surface area contributed by atoms with Crippen LogP contribution < -0.4 is 11.5 Å². The van der Waals surface area contributed by atoms with E-state index < -0.39 is 0 Å². The molecule has 2 aromatic heterocycles. The first-order chi connectivity index (χ1) is 20.4. The normalized spacial score (nSPS) is 12.5. The van der Waals surface area contributed by atoms with Crippen molar-refractivity contribution in [3.8, 4) is 0 Å². The van der Waals surface area contributed by atoms with Gasteiger partial charge in [-0.3, -0.25) is 0 Å². The van der Waals surface area contributed by atoms with Crippen molar-refractivity contribution in [3.05, 3.63) is 144 Å². The van der Waals surface area contributed by atoms with Gasteiger partial charge in [-0.25, -0.2) is 0 Å². The number of nitrogens with one attached hydrogen (secondary N) is 2. The molecule has 0 aliphatic heterocycles. The molecule has 0 aliphatic rings. The zero-order valence-corrected chi connectivity index (χ0v) is 22.5. The average molecular weight is 547 g/mol. The Balaban J connectivity index is 1.29. The number of nitrogens with two attached hydrogens (primary N) is 2. The summed E-state index contributed by atoms with van der Waals surface area (Å²) in [5.41, 5.74) is 20.5. The van der Waals surface area contributed by atoms with Gasteiger partial charge in [-0.1, -0.05) is 60.7 Å². The average Bonchev–Trinajstić information content (AvgIpc) is 3.56. The van der Waals surface area contributed by atoms with Crippen molar-refractivity contribution in [3.63, 3.8) is 0 Å². The molecule has 0 bridgehead atoms. The molecule has 0 aliphatic carbocycles. The van der Waals surface area contributed by atoms with Crippen LogP contribution in [0.3, 0.4) is 0 Å². The Morgan fingerprint density at radius 1 is 0.452 bits per heavy atom. The van der Waals surface area contributed by atoms with Crippen LogP contribution in [0.1, 0.15) is 22.3 Å². The van der Waals surface area contributed by atoms with Gasteiger partial charge in [-0.2, -0.15) is 0 Å². The predicted molar refractivity (Wildman–Crippen MR) is 172 cm³/mol. The third-order valence-electron chi connectivity index (χ3n) is 7.50. The maximum absolute atomic E-state index is 8.69. The number of rotatable bonds is 6. The summed E-state index contributed by atoms with van der Waals surface area (Å²) < 4.78 is 12.3. The molecular weight excluding hydrogens is 520 g/mol. The van der Waals surface area contributed by atoms with E-state index >= 15 is 0 Å². The van der Waals surface area contributed by atoms with Crippen LogP contribution in [0.15, 0.2) is 130 Å². The van der Waals surface area contributed by atoms with Gasteiger partial charge in [0.2, 0.25) is 0 Å². The minimum atomic E-state index is 0.315. The summed E-state index contributed by atoms with van der Waals surface area (Å²) in [7, 11) is 0. The summed E-state index contributed by atoms with van der Waals surface area (Å²) >= 11 is 0. The lowest BCUT2D eigenvalue weighted by Crippen LogP contribution is -2.02. The Bertz CT molecular complexity index is 2240. The van der Waals surface area contributed by atoms with Gasteiger partial charge in [-0.05, 0) is 71.3 Å². The van der Waals surface area contributed by atoms with E-state index in [1.54, 1.807) is 12.2 Å². The highest BCUT2D eigenvalue weighted by molar-refractivity contribution is 6.18. The molecule has 42 heavy (non-hydrogen) atoms. The van der Waals surface area contributed by atoms with Crippen molar-refractivity contribution in [2.75, 3.05) is 0 Å². The molecule has 0 saturated heterocycles. The first-order valence-corrected chi connectivity index (χ1v) is 13.5. The summed E-state index contributed by atoms with van der Waals surface area (Å²) in [6.07, 6.45) is 3.35. The van der Waals surface area contributed by atoms with Crippen LogP contribution >= 0.6 is 0 Å². The van der Waals surface area contributed by atoms with Crippen molar-refractivity contribution in [1.82, 2.24) is 0 Å². The lowest BCUT2D eigenvalue weighted by atomic mass is 10.0. The smallest absolute Gasteiger partial charge is 0.139 e. The van der Waals surface area contributed by atoms with E-state index in [1.165, 1.54) is 0 Å². The lowest BCUT2D eigenvalue weighted by molar-refractivity contribution is 0.656. The van der Waals surface area contributed by atoms with Gasteiger partial charge in [0, 0.05) is 44.6 Å². The van der Waals surface area contributed by atoms with Crippen molar-refractivity contribution < 1.29 is 8.83 Å². The van der Waals surface area contributed by atoms with Gasteiger partial charge in [0.05, 0.1) is 11.4 Å². The van der Waals surface area contributed by atoms with Gasteiger partial charge in [0.1, 0.15) is 22.3 Å². The highest BCUT2D eigenvalue weighted by Crippen LogP contribution is 2.37. The van der Waals surface area contributed by atoms with Crippen molar-refractivity contribution in [1.29, 1.82) is 10.8 Å². The number of hydrogen-bond acceptors (Lipinski definition) is 6. The fraction of sp³-hybridized carbons (Fsp3) is 0. The van der Waals surface area contributed by atoms with E-state index in [1.807, 2.05) is 103 Å². The quantitative estimate of drug-likeness (QED) is 0.157. The zero-order chi connectivity index (χ0) is 28.8. The molecule has 0 atom stereocenters. The number of allylic oxidation sites excluding steroid dienone is 2. The Hall–Kier alpha value is -5.88. The first-order valence-electron chi connectivity index (χ1n) is 13.5. The third-order valence-corrected chi connectivity index (χ3v) is 7.50. The van der Waals surface area contributed by atoms with Gasteiger partial charge in [0.15, 0.2) is 0 Å². The maximum atomic E-state index is 8.69. The van der Waals surface area contributed by atoms with Crippen LogP contribution in [-0.4, -0.2) is 11.4 Å². The highest BCUT2D eigenvalue weighted by atomic mass is 16.3. The fourth-order valence-corrected chi connectivity index (χ4v) is 5.29. The van der Waals surface area contributed by atoms with E-state index in [4.69, 9.17) is 31.1 Å². The summed E-state index contributed by atoms with van der Waals surface area (Å²) in [5, 5.41) is 20.8. The molecule has 2 heterocycles. The Morgan fingerprint density at radius 2 is 0.905 bits per heavy atom. The second kappa shape index (κ2) is 9.94. The van der Waals surface area contributed by atoms with Crippen LogP contribution in [0, 0.1) is 10.8 Å².